The summed E-state index contributed by atoms with van der Waals surface area (Å²) in [6, 6.07) is 12.8. The molecule has 1 fully saturated rings. The van der Waals surface area contributed by atoms with Crippen LogP contribution in [0.15, 0.2) is 48.5 Å². The van der Waals surface area contributed by atoms with Crippen molar-refractivity contribution in [3.63, 3.8) is 0 Å². The number of para-hydroxylation sites is 1. The van der Waals surface area contributed by atoms with E-state index in [1.807, 2.05) is 24.3 Å². The second-order valence-corrected chi connectivity index (χ2v) is 6.53. The number of carbonyl (C=O) groups is 1. The van der Waals surface area contributed by atoms with E-state index in [2.05, 4.69) is 15.5 Å². The lowest BCUT2D eigenvalue weighted by molar-refractivity contribution is -0.137. The highest BCUT2D eigenvalue weighted by Gasteiger charge is 2.30. The molecule has 0 aromatic heterocycles. The van der Waals surface area contributed by atoms with Crippen LogP contribution in [-0.4, -0.2) is 25.5 Å². The van der Waals surface area contributed by atoms with Gasteiger partial charge in [0.15, 0.2) is 0 Å². The van der Waals surface area contributed by atoms with Gasteiger partial charge in [0.25, 0.3) is 0 Å². The second kappa shape index (κ2) is 8.33. The molecule has 0 bridgehead atoms. The number of benzene rings is 2. The summed E-state index contributed by atoms with van der Waals surface area (Å²) in [5.41, 5.74) is 1.68. The molecule has 4 nitrogen and oxygen atoms in total. The van der Waals surface area contributed by atoms with E-state index in [4.69, 9.17) is 0 Å². The Morgan fingerprint density at radius 3 is 2.52 bits per heavy atom. The predicted octanol–water partition coefficient (Wildman–Crippen LogP) is 4.03. The Morgan fingerprint density at radius 1 is 1.04 bits per heavy atom. The molecule has 0 radical (unpaired) electrons. The quantitative estimate of drug-likeness (QED) is 0.799. The monoisotopic (exact) mass is 377 g/mol. The average Bonchev–Trinajstić information content (AvgIpc) is 3.19. The zero-order valence-electron chi connectivity index (χ0n) is 14.9. The lowest BCUT2D eigenvalue weighted by atomic mass is 10.1. The number of anilines is 2. The van der Waals surface area contributed by atoms with E-state index in [9.17, 15) is 18.0 Å². The van der Waals surface area contributed by atoms with Gasteiger partial charge in [0, 0.05) is 31.0 Å². The van der Waals surface area contributed by atoms with Crippen LogP contribution in [0.5, 0.6) is 0 Å². The van der Waals surface area contributed by atoms with Crippen LogP contribution in [0.2, 0.25) is 0 Å². The topological polar surface area (TPSA) is 44.4 Å². The van der Waals surface area contributed by atoms with Crippen molar-refractivity contribution in [2.45, 2.75) is 25.6 Å². The summed E-state index contributed by atoms with van der Waals surface area (Å²) in [5, 5.41) is 5.57. The summed E-state index contributed by atoms with van der Waals surface area (Å²) in [4.78, 5) is 14.4. The van der Waals surface area contributed by atoms with Gasteiger partial charge in [-0.05, 0) is 42.7 Å². The predicted molar refractivity (Wildman–Crippen MR) is 99.7 cm³/mol. The van der Waals surface area contributed by atoms with Gasteiger partial charge in [-0.1, -0.05) is 24.3 Å². The van der Waals surface area contributed by atoms with Crippen molar-refractivity contribution in [3.05, 3.63) is 59.7 Å². The molecule has 0 spiro atoms. The third kappa shape index (κ3) is 5.15. The first-order chi connectivity index (χ1) is 12.9. The molecule has 2 aromatic carbocycles. The van der Waals surface area contributed by atoms with E-state index in [-0.39, 0.29) is 18.1 Å². The van der Waals surface area contributed by atoms with E-state index < -0.39 is 11.7 Å². The Hall–Kier alpha value is -2.70. The normalized spacial score (nSPS) is 14.3. The highest BCUT2D eigenvalue weighted by Crippen LogP contribution is 2.30. The minimum Gasteiger partial charge on any atom is -0.376 e. The highest BCUT2D eigenvalue weighted by atomic mass is 19.4. The number of alkyl halides is 3. The smallest absolute Gasteiger partial charge is 0.376 e. The van der Waals surface area contributed by atoms with Crippen LogP contribution in [0.4, 0.5) is 24.5 Å². The number of hydrogen-bond acceptors (Lipinski definition) is 3. The molecule has 0 aliphatic carbocycles. The lowest BCUT2D eigenvalue weighted by Crippen LogP contribution is -2.30. The van der Waals surface area contributed by atoms with Crippen LogP contribution >= 0.6 is 0 Å². The molecule has 2 aromatic rings. The molecule has 1 heterocycles. The second-order valence-electron chi connectivity index (χ2n) is 6.53. The van der Waals surface area contributed by atoms with Crippen molar-refractivity contribution >= 4 is 17.3 Å². The Labute approximate surface area is 156 Å². The van der Waals surface area contributed by atoms with E-state index in [0.29, 0.717) is 6.54 Å². The molecular weight excluding hydrogens is 355 g/mol. The molecule has 144 valence electrons. The van der Waals surface area contributed by atoms with Crippen molar-refractivity contribution in [3.8, 4) is 0 Å². The van der Waals surface area contributed by atoms with E-state index >= 15 is 0 Å². The van der Waals surface area contributed by atoms with Gasteiger partial charge >= 0.3 is 6.18 Å². The maximum atomic E-state index is 12.7. The van der Waals surface area contributed by atoms with E-state index in [1.54, 1.807) is 0 Å². The zero-order chi connectivity index (χ0) is 19.3. The number of rotatable bonds is 6. The summed E-state index contributed by atoms with van der Waals surface area (Å²) >= 11 is 0. The summed E-state index contributed by atoms with van der Waals surface area (Å²) in [7, 11) is 0. The number of amides is 1. The fourth-order valence-electron chi connectivity index (χ4n) is 3.17. The van der Waals surface area contributed by atoms with Crippen molar-refractivity contribution in [2.24, 2.45) is 0 Å². The van der Waals surface area contributed by atoms with Crippen LogP contribution in [0.25, 0.3) is 0 Å². The Kier molecular flexibility index (Phi) is 5.88. The van der Waals surface area contributed by atoms with Crippen LogP contribution in [0.3, 0.4) is 0 Å². The van der Waals surface area contributed by atoms with Gasteiger partial charge < -0.3 is 15.5 Å². The van der Waals surface area contributed by atoms with Crippen LogP contribution in [0.1, 0.15) is 24.0 Å². The molecule has 1 aliphatic heterocycles. The Balaban J connectivity index is 1.54. The number of halogens is 3. The van der Waals surface area contributed by atoms with Crippen LogP contribution < -0.4 is 15.5 Å². The third-order valence-corrected chi connectivity index (χ3v) is 4.56. The maximum absolute atomic E-state index is 12.7. The van der Waals surface area contributed by atoms with Crippen LogP contribution in [0, 0.1) is 0 Å². The van der Waals surface area contributed by atoms with Gasteiger partial charge in [-0.15, -0.1) is 0 Å². The Morgan fingerprint density at radius 2 is 1.78 bits per heavy atom. The largest absolute Gasteiger partial charge is 0.416 e. The third-order valence-electron chi connectivity index (χ3n) is 4.56. The first-order valence-corrected chi connectivity index (χ1v) is 8.94. The molecule has 0 saturated carbocycles. The van der Waals surface area contributed by atoms with Crippen LogP contribution in [-0.2, 0) is 17.5 Å². The average molecular weight is 377 g/mol. The van der Waals surface area contributed by atoms with E-state index in [0.717, 1.165) is 36.5 Å². The standard InChI is InChI=1S/C20H22F3N3O/c21-20(22,23)16-7-5-8-17(12-16)24-14-19(27)25-13-15-6-1-2-9-18(15)26-10-3-4-11-26/h1-2,5-9,12,24H,3-4,10-11,13-14H2,(H,25,27). The molecule has 0 atom stereocenters. The Bertz CT molecular complexity index is 786. The fourth-order valence-corrected chi connectivity index (χ4v) is 3.17. The van der Waals surface area contributed by atoms with Gasteiger partial charge in [0.1, 0.15) is 0 Å². The maximum Gasteiger partial charge on any atom is 0.416 e. The molecule has 7 heteroatoms. The fraction of sp³-hybridized carbons (Fsp3) is 0.350. The van der Waals surface area contributed by atoms with E-state index in [1.165, 1.54) is 25.0 Å². The van der Waals surface area contributed by atoms with Crippen molar-refractivity contribution in [1.82, 2.24) is 5.32 Å². The first-order valence-electron chi connectivity index (χ1n) is 8.94. The summed E-state index contributed by atoms with van der Waals surface area (Å²) in [6.07, 6.45) is -2.07. The minimum atomic E-state index is -4.40. The van der Waals surface area contributed by atoms with Gasteiger partial charge in [0.05, 0.1) is 12.1 Å². The van der Waals surface area contributed by atoms with Gasteiger partial charge in [-0.2, -0.15) is 13.2 Å². The summed E-state index contributed by atoms with van der Waals surface area (Å²) in [6.45, 7) is 2.33. The van der Waals surface area contributed by atoms with Crippen molar-refractivity contribution < 1.29 is 18.0 Å². The van der Waals surface area contributed by atoms with Gasteiger partial charge in [0.2, 0.25) is 5.91 Å². The SMILES string of the molecule is O=C(CNc1cccc(C(F)(F)F)c1)NCc1ccccc1N1CCCC1. The molecular formula is C20H22F3N3O. The summed E-state index contributed by atoms with van der Waals surface area (Å²) in [5.74, 6) is -0.274. The molecule has 3 rings (SSSR count). The van der Waals surface area contributed by atoms with Gasteiger partial charge in [-0.3, -0.25) is 4.79 Å². The number of nitrogens with zero attached hydrogens (tertiary/aromatic N) is 1. The molecule has 1 amide bonds. The van der Waals surface area contributed by atoms with Crippen molar-refractivity contribution in [2.75, 3.05) is 29.9 Å². The molecule has 2 N–H and O–H groups in total. The molecule has 1 aliphatic rings. The van der Waals surface area contributed by atoms with Crippen molar-refractivity contribution in [1.29, 1.82) is 0 Å². The number of carbonyl (C=O) groups excluding carboxylic acids is 1. The first kappa shape index (κ1) is 19.1. The molecule has 27 heavy (non-hydrogen) atoms. The molecule has 1 saturated heterocycles. The lowest BCUT2D eigenvalue weighted by Gasteiger charge is -2.21. The number of nitrogens with one attached hydrogen (secondary N) is 2. The summed E-state index contributed by atoms with van der Waals surface area (Å²) < 4.78 is 38.2. The number of hydrogen-bond donors (Lipinski definition) is 2. The minimum absolute atomic E-state index is 0.0901. The zero-order valence-corrected chi connectivity index (χ0v) is 14.9. The molecule has 0 unspecified atom stereocenters. The van der Waals surface area contributed by atoms with Gasteiger partial charge in [-0.25, -0.2) is 0 Å². The highest BCUT2D eigenvalue weighted by molar-refractivity contribution is 5.80.